The average Bonchev–Trinajstić information content (AvgIpc) is 3.96. The normalized spacial score (nSPS) is 22.6. The van der Waals surface area contributed by atoms with Gasteiger partial charge in [0, 0.05) is 53.3 Å². The SMILES string of the molecule is CC1(C)c2ccccc2-c2ccc(-c3ccc(-c4nc(-c5ccccc5)nc(-c5ccc6c(c5)sc5c7c(ccc56)C5(c6c-7ccc7ccccc67)C6CC7CC(C6)CC5C7)n4)cc3)cc21. The minimum atomic E-state index is -0.0478. The molecule has 3 nitrogen and oxygen atoms in total. The van der Waals surface area contributed by atoms with Gasteiger partial charge in [-0.1, -0.05) is 166 Å². The number of hydrogen-bond donors (Lipinski definition) is 0. The third-order valence-corrected chi connectivity index (χ3v) is 18.3. The molecule has 4 heteroatoms. The molecular formula is C62H47N3S. The summed E-state index contributed by atoms with van der Waals surface area (Å²) in [6.45, 7) is 4.69. The molecule has 2 aromatic heterocycles. The van der Waals surface area contributed by atoms with E-state index in [9.17, 15) is 0 Å². The van der Waals surface area contributed by atoms with E-state index in [2.05, 4.69) is 172 Å². The van der Waals surface area contributed by atoms with Gasteiger partial charge in [-0.15, -0.1) is 11.3 Å². The van der Waals surface area contributed by atoms with Crippen LogP contribution in [0.4, 0.5) is 0 Å². The number of hydrogen-bond acceptors (Lipinski definition) is 4. The highest BCUT2D eigenvalue weighted by Crippen LogP contribution is 2.71. The van der Waals surface area contributed by atoms with E-state index in [0.717, 1.165) is 40.4 Å². The molecule has 6 aliphatic rings. The van der Waals surface area contributed by atoms with Crippen molar-refractivity contribution >= 4 is 42.3 Å². The minimum Gasteiger partial charge on any atom is -0.208 e. The van der Waals surface area contributed by atoms with Crippen molar-refractivity contribution in [2.45, 2.75) is 56.8 Å². The molecule has 0 aliphatic heterocycles. The molecule has 4 saturated carbocycles. The highest BCUT2D eigenvalue weighted by Gasteiger charge is 2.62. The molecule has 316 valence electrons. The Hall–Kier alpha value is -6.75. The van der Waals surface area contributed by atoms with E-state index in [-0.39, 0.29) is 10.8 Å². The van der Waals surface area contributed by atoms with Gasteiger partial charge in [-0.2, -0.15) is 0 Å². The van der Waals surface area contributed by atoms with E-state index in [1.807, 2.05) is 17.4 Å². The molecule has 1 spiro atoms. The fraction of sp³-hybridized carbons (Fsp3) is 0.210. The Morgan fingerprint density at radius 2 is 1.05 bits per heavy atom. The fourth-order valence-corrected chi connectivity index (χ4v) is 15.8. The maximum Gasteiger partial charge on any atom is 0.164 e. The Kier molecular flexibility index (Phi) is 7.62. The zero-order chi connectivity index (χ0) is 43.5. The van der Waals surface area contributed by atoms with E-state index >= 15 is 0 Å². The number of rotatable bonds is 4. The van der Waals surface area contributed by atoms with Gasteiger partial charge in [0.25, 0.3) is 0 Å². The number of aromatic nitrogens is 3. The van der Waals surface area contributed by atoms with Crippen LogP contribution in [0.3, 0.4) is 0 Å². The molecule has 0 unspecified atom stereocenters. The van der Waals surface area contributed by atoms with Gasteiger partial charge in [0.05, 0.1) is 0 Å². The van der Waals surface area contributed by atoms with Gasteiger partial charge >= 0.3 is 0 Å². The second-order valence-electron chi connectivity index (χ2n) is 20.7. The second kappa shape index (κ2) is 13.4. The topological polar surface area (TPSA) is 38.7 Å². The lowest BCUT2D eigenvalue weighted by molar-refractivity contribution is -0.0393. The summed E-state index contributed by atoms with van der Waals surface area (Å²) in [5.41, 5.74) is 17.1. The van der Waals surface area contributed by atoms with E-state index < -0.39 is 0 Å². The van der Waals surface area contributed by atoms with Crippen molar-refractivity contribution in [1.82, 2.24) is 15.0 Å². The van der Waals surface area contributed by atoms with Crippen LogP contribution in [0.25, 0.3) is 98.5 Å². The number of nitrogens with zero attached hydrogens (tertiary/aromatic N) is 3. The Morgan fingerprint density at radius 3 is 1.83 bits per heavy atom. The van der Waals surface area contributed by atoms with Gasteiger partial charge in [-0.25, -0.2) is 15.0 Å². The van der Waals surface area contributed by atoms with Crippen LogP contribution >= 0.6 is 11.3 Å². The minimum absolute atomic E-state index is 0.0478. The van der Waals surface area contributed by atoms with Crippen LogP contribution in [-0.2, 0) is 10.8 Å². The van der Waals surface area contributed by atoms with E-state index in [1.165, 1.54) is 108 Å². The van der Waals surface area contributed by atoms with E-state index in [4.69, 9.17) is 15.0 Å². The van der Waals surface area contributed by atoms with Crippen molar-refractivity contribution < 1.29 is 0 Å². The molecule has 2 heterocycles. The molecule has 4 bridgehead atoms. The third-order valence-electron chi connectivity index (χ3n) is 17.1. The quantitative estimate of drug-likeness (QED) is 0.177. The first-order chi connectivity index (χ1) is 32.4. The van der Waals surface area contributed by atoms with Crippen molar-refractivity contribution in [2.75, 3.05) is 0 Å². The summed E-state index contributed by atoms with van der Waals surface area (Å²) in [5.74, 6) is 5.30. The first-order valence-electron chi connectivity index (χ1n) is 24.1. The summed E-state index contributed by atoms with van der Waals surface area (Å²) in [6, 6.07) is 61.0. The van der Waals surface area contributed by atoms with Gasteiger partial charge in [0.1, 0.15) is 0 Å². The Balaban J connectivity index is 0.848. The predicted octanol–water partition coefficient (Wildman–Crippen LogP) is 16.1. The van der Waals surface area contributed by atoms with Crippen LogP contribution in [0.1, 0.15) is 68.2 Å². The van der Waals surface area contributed by atoms with Crippen molar-refractivity contribution in [3.63, 3.8) is 0 Å². The fourth-order valence-electron chi connectivity index (χ4n) is 14.5. The first-order valence-corrected chi connectivity index (χ1v) is 24.9. The molecule has 0 radical (unpaired) electrons. The van der Waals surface area contributed by atoms with Crippen LogP contribution in [0, 0.1) is 23.7 Å². The number of benzene rings is 8. The van der Waals surface area contributed by atoms with Crippen LogP contribution in [0.5, 0.6) is 0 Å². The molecule has 0 saturated heterocycles. The highest BCUT2D eigenvalue weighted by atomic mass is 32.1. The Bertz CT molecular complexity index is 3660. The van der Waals surface area contributed by atoms with Gasteiger partial charge < -0.3 is 0 Å². The maximum absolute atomic E-state index is 5.25. The lowest BCUT2D eigenvalue weighted by Gasteiger charge is -2.61. The molecule has 6 aliphatic carbocycles. The summed E-state index contributed by atoms with van der Waals surface area (Å²) in [4.78, 5) is 15.6. The summed E-state index contributed by atoms with van der Waals surface area (Å²) < 4.78 is 2.71. The molecule has 10 aromatic rings. The molecule has 4 fully saturated rings. The lowest BCUT2D eigenvalue weighted by atomic mass is 9.43. The number of fused-ring (bicyclic) bond motifs is 12. The van der Waals surface area contributed by atoms with Crippen LogP contribution in [0.15, 0.2) is 164 Å². The molecule has 66 heavy (non-hydrogen) atoms. The van der Waals surface area contributed by atoms with Crippen molar-refractivity contribution in [3.05, 3.63) is 186 Å². The summed E-state index contributed by atoms with van der Waals surface area (Å²) in [7, 11) is 0. The van der Waals surface area contributed by atoms with Crippen LogP contribution in [0.2, 0.25) is 0 Å². The highest BCUT2D eigenvalue weighted by molar-refractivity contribution is 7.26. The molecule has 0 N–H and O–H groups in total. The Labute approximate surface area is 389 Å². The summed E-state index contributed by atoms with van der Waals surface area (Å²) >= 11 is 1.96. The standard InChI is InChI=1S/C62H47N3S/c1-61(2)51-15-9-8-14-46(51)47-23-21-41(33-53(47)61)37-16-18-40(19-17-37)59-63-58(39-11-4-3-5-12-39)64-60(65-59)42-22-24-48-49-26-27-52-55(57(49)66-54(48)34-42)50-25-20-38-10-6-7-13-45(38)56(50)62(52)43-29-35-28-36(31-43)32-44(62)30-35/h3-27,33-36,43-44H,28-32H2,1-2H3. The molecular weight excluding hydrogens is 819 g/mol. The molecule has 0 atom stereocenters. The summed E-state index contributed by atoms with van der Waals surface area (Å²) in [6.07, 6.45) is 7.00. The van der Waals surface area contributed by atoms with Crippen LogP contribution < -0.4 is 0 Å². The van der Waals surface area contributed by atoms with E-state index in [0.29, 0.717) is 17.5 Å². The smallest absolute Gasteiger partial charge is 0.164 e. The molecule has 0 amide bonds. The average molecular weight is 866 g/mol. The first kappa shape index (κ1) is 37.5. The number of thiophene rings is 1. The van der Waals surface area contributed by atoms with Crippen LogP contribution in [-0.4, -0.2) is 15.0 Å². The monoisotopic (exact) mass is 865 g/mol. The molecule has 16 rings (SSSR count). The van der Waals surface area contributed by atoms with Crippen molar-refractivity contribution in [3.8, 4) is 67.5 Å². The Morgan fingerprint density at radius 1 is 0.439 bits per heavy atom. The van der Waals surface area contributed by atoms with Gasteiger partial charge in [-0.3, -0.25) is 0 Å². The largest absolute Gasteiger partial charge is 0.208 e. The third kappa shape index (κ3) is 5.06. The molecule has 8 aromatic carbocycles. The van der Waals surface area contributed by atoms with E-state index in [1.54, 1.807) is 11.1 Å². The zero-order valence-electron chi connectivity index (χ0n) is 37.2. The lowest BCUT2D eigenvalue weighted by Crippen LogP contribution is -2.55. The predicted molar refractivity (Wildman–Crippen MR) is 273 cm³/mol. The van der Waals surface area contributed by atoms with Crippen molar-refractivity contribution in [2.24, 2.45) is 23.7 Å². The summed E-state index contributed by atoms with van der Waals surface area (Å²) in [5, 5.41) is 5.52. The van der Waals surface area contributed by atoms with Gasteiger partial charge in [-0.05, 0) is 129 Å². The van der Waals surface area contributed by atoms with Gasteiger partial charge in [0.2, 0.25) is 0 Å². The zero-order valence-corrected chi connectivity index (χ0v) is 38.0. The second-order valence-corrected chi connectivity index (χ2v) is 21.8. The van der Waals surface area contributed by atoms with Crippen molar-refractivity contribution in [1.29, 1.82) is 0 Å². The maximum atomic E-state index is 5.25. The van der Waals surface area contributed by atoms with Gasteiger partial charge in [0.15, 0.2) is 17.5 Å².